The summed E-state index contributed by atoms with van der Waals surface area (Å²) < 4.78 is 11.0. The molecule has 2 rings (SSSR count). The predicted molar refractivity (Wildman–Crippen MR) is 75.9 cm³/mol. The summed E-state index contributed by atoms with van der Waals surface area (Å²) in [6, 6.07) is 8.40. The number of halogens is 1. The fraction of sp³-hybridized carbons (Fsp3) is 0.154. The van der Waals surface area contributed by atoms with Crippen LogP contribution >= 0.6 is 22.9 Å². The number of hydrogen-bond donors (Lipinski definition) is 1. The highest BCUT2D eigenvalue weighted by Gasteiger charge is 2.14. The number of hydrogen-bond acceptors (Lipinski definition) is 5. The minimum absolute atomic E-state index is 0.175. The molecule has 0 saturated heterocycles. The van der Waals surface area contributed by atoms with Gasteiger partial charge < -0.3 is 15.2 Å². The number of benzene rings is 1. The summed E-state index contributed by atoms with van der Waals surface area (Å²) in [5.41, 5.74) is 6.44. The molecule has 19 heavy (non-hydrogen) atoms. The minimum atomic E-state index is -0.478. The Morgan fingerprint density at radius 2 is 2.16 bits per heavy atom. The maximum Gasteiger partial charge on any atom is 0.342 e. The van der Waals surface area contributed by atoms with Crippen LogP contribution in [0.5, 0.6) is 5.75 Å². The molecular formula is C13H12ClNO3S. The Balaban J connectivity index is 2.09. The van der Waals surface area contributed by atoms with Crippen molar-refractivity contribution in [3.63, 3.8) is 0 Å². The van der Waals surface area contributed by atoms with E-state index in [1.54, 1.807) is 18.2 Å². The predicted octanol–water partition coefficient (Wildman–Crippen LogP) is 3.35. The van der Waals surface area contributed by atoms with Crippen LogP contribution in [-0.2, 0) is 11.3 Å². The van der Waals surface area contributed by atoms with E-state index < -0.39 is 5.97 Å². The number of carbonyl (C=O) groups is 1. The summed E-state index contributed by atoms with van der Waals surface area (Å²) in [5, 5.41) is 0. The number of rotatable bonds is 4. The second kappa shape index (κ2) is 5.95. The smallest absolute Gasteiger partial charge is 0.342 e. The van der Waals surface area contributed by atoms with Gasteiger partial charge in [0.25, 0.3) is 0 Å². The molecule has 0 fully saturated rings. The molecule has 6 heteroatoms. The molecule has 1 heterocycles. The van der Waals surface area contributed by atoms with E-state index in [2.05, 4.69) is 0 Å². The van der Waals surface area contributed by atoms with E-state index in [-0.39, 0.29) is 6.61 Å². The van der Waals surface area contributed by atoms with E-state index >= 15 is 0 Å². The second-order valence-corrected chi connectivity index (χ2v) is 5.54. The van der Waals surface area contributed by atoms with Crippen LogP contribution in [-0.4, -0.2) is 13.1 Å². The third kappa shape index (κ3) is 3.39. The number of methoxy groups -OCH3 is 1. The lowest BCUT2D eigenvalue weighted by Gasteiger charge is -2.08. The monoisotopic (exact) mass is 297 g/mol. The van der Waals surface area contributed by atoms with Gasteiger partial charge in [-0.2, -0.15) is 0 Å². The molecule has 1 aromatic carbocycles. The average molecular weight is 298 g/mol. The highest BCUT2D eigenvalue weighted by atomic mass is 35.5. The Kier molecular flexibility index (Phi) is 4.29. The third-order valence-electron chi connectivity index (χ3n) is 2.42. The van der Waals surface area contributed by atoms with Gasteiger partial charge >= 0.3 is 5.97 Å². The lowest BCUT2D eigenvalue weighted by molar-refractivity contribution is 0.0473. The zero-order chi connectivity index (χ0) is 13.8. The molecule has 1 aromatic heterocycles. The van der Waals surface area contributed by atoms with E-state index in [1.807, 2.05) is 6.07 Å². The summed E-state index contributed by atoms with van der Waals surface area (Å²) >= 11 is 7.17. The van der Waals surface area contributed by atoms with Crippen molar-refractivity contribution in [1.29, 1.82) is 0 Å². The topological polar surface area (TPSA) is 61.5 Å². The van der Waals surface area contributed by atoms with Crippen molar-refractivity contribution in [1.82, 2.24) is 0 Å². The summed E-state index contributed by atoms with van der Waals surface area (Å²) in [5.74, 6) is -0.0444. The van der Waals surface area contributed by atoms with Crippen LogP contribution in [0.3, 0.4) is 0 Å². The lowest BCUT2D eigenvalue weighted by Crippen LogP contribution is -2.07. The SMILES string of the molecule is COc1ccc(N)cc1C(=O)OCc1ccc(Cl)s1. The summed E-state index contributed by atoms with van der Waals surface area (Å²) in [7, 11) is 1.49. The van der Waals surface area contributed by atoms with Crippen molar-refractivity contribution in [2.24, 2.45) is 0 Å². The number of thiophene rings is 1. The van der Waals surface area contributed by atoms with Crippen LogP contribution in [0, 0.1) is 0 Å². The van der Waals surface area contributed by atoms with Gasteiger partial charge in [0.15, 0.2) is 0 Å². The van der Waals surface area contributed by atoms with Crippen molar-refractivity contribution >= 4 is 34.6 Å². The van der Waals surface area contributed by atoms with Crippen molar-refractivity contribution < 1.29 is 14.3 Å². The Labute approximate surface area is 119 Å². The molecular weight excluding hydrogens is 286 g/mol. The number of nitrogens with two attached hydrogens (primary N) is 1. The number of esters is 1. The fourth-order valence-electron chi connectivity index (χ4n) is 1.53. The van der Waals surface area contributed by atoms with Gasteiger partial charge in [-0.1, -0.05) is 11.6 Å². The standard InChI is InChI=1S/C13H12ClNO3S/c1-17-11-4-2-8(15)6-10(11)13(16)18-7-9-3-5-12(14)19-9/h2-6H,7,15H2,1H3. The van der Waals surface area contributed by atoms with Crippen molar-refractivity contribution in [3.8, 4) is 5.75 Å². The molecule has 0 amide bonds. The van der Waals surface area contributed by atoms with Gasteiger partial charge in [-0.05, 0) is 30.3 Å². The van der Waals surface area contributed by atoms with Gasteiger partial charge in [-0.3, -0.25) is 0 Å². The van der Waals surface area contributed by atoms with Crippen LogP contribution in [0.2, 0.25) is 4.34 Å². The third-order valence-corrected chi connectivity index (χ3v) is 3.62. The maximum atomic E-state index is 12.0. The zero-order valence-electron chi connectivity index (χ0n) is 10.2. The zero-order valence-corrected chi connectivity index (χ0v) is 11.8. The van der Waals surface area contributed by atoms with E-state index in [9.17, 15) is 4.79 Å². The molecule has 2 aromatic rings. The molecule has 0 atom stereocenters. The first kappa shape index (κ1) is 13.7. The highest BCUT2D eigenvalue weighted by molar-refractivity contribution is 7.16. The van der Waals surface area contributed by atoms with Gasteiger partial charge in [0, 0.05) is 10.6 Å². The summed E-state index contributed by atoms with van der Waals surface area (Å²) in [4.78, 5) is 12.8. The highest BCUT2D eigenvalue weighted by Crippen LogP contribution is 2.24. The molecule has 0 radical (unpaired) electrons. The first-order valence-electron chi connectivity index (χ1n) is 5.45. The van der Waals surface area contributed by atoms with Crippen molar-refractivity contribution in [3.05, 3.63) is 45.1 Å². The molecule has 0 aliphatic carbocycles. The lowest BCUT2D eigenvalue weighted by atomic mass is 10.2. The Bertz CT molecular complexity index is 597. The van der Waals surface area contributed by atoms with Gasteiger partial charge in [0.05, 0.1) is 11.4 Å². The van der Waals surface area contributed by atoms with Crippen LogP contribution in [0.15, 0.2) is 30.3 Å². The van der Waals surface area contributed by atoms with Crippen molar-refractivity contribution in [2.75, 3.05) is 12.8 Å². The van der Waals surface area contributed by atoms with Crippen LogP contribution < -0.4 is 10.5 Å². The molecule has 0 bridgehead atoms. The summed E-state index contributed by atoms with van der Waals surface area (Å²) in [6.07, 6.45) is 0. The molecule has 0 aliphatic rings. The van der Waals surface area contributed by atoms with Crippen molar-refractivity contribution in [2.45, 2.75) is 6.61 Å². The van der Waals surface area contributed by atoms with Crippen LogP contribution in [0.4, 0.5) is 5.69 Å². The van der Waals surface area contributed by atoms with Gasteiger partial charge in [0.2, 0.25) is 0 Å². The quantitative estimate of drug-likeness (QED) is 0.694. The average Bonchev–Trinajstić information content (AvgIpc) is 2.81. The molecule has 4 nitrogen and oxygen atoms in total. The van der Waals surface area contributed by atoms with E-state index in [4.69, 9.17) is 26.8 Å². The molecule has 100 valence electrons. The van der Waals surface area contributed by atoms with Gasteiger partial charge in [-0.15, -0.1) is 11.3 Å². The fourth-order valence-corrected chi connectivity index (χ4v) is 2.53. The van der Waals surface area contributed by atoms with E-state index in [0.29, 0.717) is 21.3 Å². The van der Waals surface area contributed by atoms with Gasteiger partial charge in [-0.25, -0.2) is 4.79 Å². The van der Waals surface area contributed by atoms with Crippen LogP contribution in [0.25, 0.3) is 0 Å². The number of carbonyl (C=O) groups excluding carboxylic acids is 1. The Hall–Kier alpha value is -1.72. The minimum Gasteiger partial charge on any atom is -0.496 e. The molecule has 2 N–H and O–H groups in total. The Morgan fingerprint density at radius 3 is 2.79 bits per heavy atom. The van der Waals surface area contributed by atoms with Gasteiger partial charge in [0.1, 0.15) is 17.9 Å². The van der Waals surface area contributed by atoms with E-state index in [1.165, 1.54) is 24.5 Å². The maximum absolute atomic E-state index is 12.0. The molecule has 0 saturated carbocycles. The molecule has 0 unspecified atom stereocenters. The number of ether oxygens (including phenoxy) is 2. The number of anilines is 1. The first-order valence-corrected chi connectivity index (χ1v) is 6.64. The largest absolute Gasteiger partial charge is 0.496 e. The Morgan fingerprint density at radius 1 is 1.37 bits per heavy atom. The number of nitrogen functional groups attached to an aromatic ring is 1. The summed E-state index contributed by atoms with van der Waals surface area (Å²) in [6.45, 7) is 0.175. The normalized spacial score (nSPS) is 10.2. The molecule has 0 spiro atoms. The first-order chi connectivity index (χ1) is 9.10. The molecule has 0 aliphatic heterocycles. The second-order valence-electron chi connectivity index (χ2n) is 3.74. The van der Waals surface area contributed by atoms with Crippen LogP contribution in [0.1, 0.15) is 15.2 Å². The van der Waals surface area contributed by atoms with E-state index in [0.717, 1.165) is 4.88 Å².